The van der Waals surface area contributed by atoms with Crippen molar-refractivity contribution in [1.29, 1.82) is 5.41 Å². The Balaban J connectivity index is 1.71. The van der Waals surface area contributed by atoms with Crippen LogP contribution in [0.1, 0.15) is 24.1 Å². The lowest BCUT2D eigenvalue weighted by Gasteiger charge is -2.27. The van der Waals surface area contributed by atoms with Crippen LogP contribution in [0.3, 0.4) is 0 Å². The van der Waals surface area contributed by atoms with Crippen LogP contribution in [0, 0.1) is 5.41 Å². The smallest absolute Gasteiger partial charge is 0.230 e. The molecule has 158 valence electrons. The van der Waals surface area contributed by atoms with Crippen molar-refractivity contribution in [1.82, 2.24) is 5.32 Å². The van der Waals surface area contributed by atoms with Gasteiger partial charge in [-0.15, -0.1) is 0 Å². The molecule has 0 fully saturated rings. The quantitative estimate of drug-likeness (QED) is 0.345. The van der Waals surface area contributed by atoms with E-state index in [2.05, 4.69) is 11.9 Å². The average Bonchev–Trinajstić information content (AvgIpc) is 2.79. The lowest BCUT2D eigenvalue weighted by Crippen LogP contribution is -2.31. The number of thioether (sulfide) groups is 1. The van der Waals surface area contributed by atoms with Crippen molar-refractivity contribution in [2.45, 2.75) is 13.0 Å². The number of carbonyl (C=O) groups is 1. The first kappa shape index (κ1) is 22.2. The summed E-state index contributed by atoms with van der Waals surface area (Å²) in [5.41, 5.74) is 2.74. The van der Waals surface area contributed by atoms with E-state index in [4.69, 9.17) is 5.41 Å². The minimum atomic E-state index is -0.160. The van der Waals surface area contributed by atoms with Gasteiger partial charge in [-0.3, -0.25) is 15.1 Å². The van der Waals surface area contributed by atoms with E-state index in [1.165, 1.54) is 0 Å². The Morgan fingerprint density at radius 2 is 1.61 bits per heavy atom. The minimum Gasteiger partial charge on any atom is -0.507 e. The molecule has 0 heterocycles. The van der Waals surface area contributed by atoms with Gasteiger partial charge in [0.1, 0.15) is 5.75 Å². The molecule has 0 saturated carbocycles. The van der Waals surface area contributed by atoms with Crippen molar-refractivity contribution in [3.05, 3.63) is 103 Å². The van der Waals surface area contributed by atoms with Gasteiger partial charge < -0.3 is 10.4 Å². The number of benzene rings is 3. The van der Waals surface area contributed by atoms with E-state index in [9.17, 15) is 9.90 Å². The number of aromatic hydroxyl groups is 1. The monoisotopic (exact) mass is 431 g/mol. The van der Waals surface area contributed by atoms with Crippen molar-refractivity contribution < 1.29 is 9.90 Å². The third kappa shape index (κ3) is 5.77. The number of nitrogens with zero attached hydrogens (tertiary/aromatic N) is 1. The molecule has 0 aliphatic heterocycles. The van der Waals surface area contributed by atoms with E-state index in [1.807, 2.05) is 67.6 Å². The molecule has 0 aliphatic rings. The number of carbonyl (C=O) groups excluding carboxylic acids is 1. The minimum absolute atomic E-state index is 0.0839. The van der Waals surface area contributed by atoms with E-state index < -0.39 is 0 Å². The Morgan fingerprint density at radius 3 is 2.26 bits per heavy atom. The maximum absolute atomic E-state index is 12.5. The molecule has 1 atom stereocenters. The predicted octanol–water partition coefficient (Wildman–Crippen LogP) is 5.41. The zero-order valence-corrected chi connectivity index (χ0v) is 18.1. The van der Waals surface area contributed by atoms with Crippen molar-refractivity contribution in [2.24, 2.45) is 0 Å². The van der Waals surface area contributed by atoms with Crippen LogP contribution < -0.4 is 10.2 Å². The van der Waals surface area contributed by atoms with Gasteiger partial charge in [0.05, 0.1) is 17.5 Å². The Hall–Kier alpha value is -3.51. The van der Waals surface area contributed by atoms with Crippen LogP contribution in [0.15, 0.2) is 91.5 Å². The topological polar surface area (TPSA) is 76.4 Å². The predicted molar refractivity (Wildman–Crippen MR) is 129 cm³/mol. The van der Waals surface area contributed by atoms with Crippen molar-refractivity contribution in [2.75, 3.05) is 10.7 Å². The first-order valence-corrected chi connectivity index (χ1v) is 10.8. The fourth-order valence-electron chi connectivity index (χ4n) is 3.12. The Kier molecular flexibility index (Phi) is 7.51. The number of rotatable bonds is 7. The molecule has 0 bridgehead atoms. The first-order chi connectivity index (χ1) is 15.0. The second kappa shape index (κ2) is 10.5. The van der Waals surface area contributed by atoms with Crippen LogP contribution >= 0.6 is 11.8 Å². The molecule has 3 rings (SSSR count). The summed E-state index contributed by atoms with van der Waals surface area (Å²) >= 11 is 1.11. The number of hydrogen-bond donors (Lipinski definition) is 3. The van der Waals surface area contributed by atoms with E-state index in [1.54, 1.807) is 29.2 Å². The van der Waals surface area contributed by atoms with Crippen LogP contribution in [0.2, 0.25) is 0 Å². The molecule has 5 nitrogen and oxygen atoms in total. The molecule has 3 N–H and O–H groups in total. The molecular weight excluding hydrogens is 406 g/mol. The molecule has 0 aromatic heterocycles. The highest BCUT2D eigenvalue weighted by Crippen LogP contribution is 2.32. The van der Waals surface area contributed by atoms with Crippen LogP contribution in [0.25, 0.3) is 5.70 Å². The number of phenols is 1. The number of hydrogen-bond acceptors (Lipinski definition) is 4. The Morgan fingerprint density at radius 1 is 1.03 bits per heavy atom. The number of anilines is 1. The third-order valence-corrected chi connectivity index (χ3v) is 5.58. The fraction of sp³-hybridized carbons (Fsp3) is 0.120. The molecule has 6 heteroatoms. The third-order valence-electron chi connectivity index (χ3n) is 4.72. The molecule has 31 heavy (non-hydrogen) atoms. The number of amides is 1. The van der Waals surface area contributed by atoms with Crippen LogP contribution in [-0.4, -0.2) is 21.9 Å². The normalized spacial score (nSPS) is 11.4. The molecule has 0 radical (unpaired) electrons. The van der Waals surface area contributed by atoms with Gasteiger partial charge in [-0.25, -0.2) is 0 Å². The second-order valence-corrected chi connectivity index (χ2v) is 7.89. The van der Waals surface area contributed by atoms with Gasteiger partial charge in [0.2, 0.25) is 5.91 Å². The molecule has 1 unspecified atom stereocenters. The van der Waals surface area contributed by atoms with Crippen molar-refractivity contribution in [3.63, 3.8) is 0 Å². The Labute approximate surface area is 186 Å². The standard InChI is InChI=1S/C25H25N3O2S/c1-18(20-11-5-3-6-12-20)27-24(30)17-31-25(26)28(21-13-7-4-8-14-21)19(2)22-15-9-10-16-23(22)29/h3-16,18,26,29H,2,17H2,1H3,(H,27,30). The summed E-state index contributed by atoms with van der Waals surface area (Å²) in [7, 11) is 0. The zero-order valence-electron chi connectivity index (χ0n) is 17.3. The summed E-state index contributed by atoms with van der Waals surface area (Å²) in [5.74, 6) is 0.0147. The van der Waals surface area contributed by atoms with Crippen molar-refractivity contribution >= 4 is 34.2 Å². The van der Waals surface area contributed by atoms with Gasteiger partial charge in [-0.2, -0.15) is 0 Å². The molecule has 0 spiro atoms. The van der Waals surface area contributed by atoms with E-state index in [0.29, 0.717) is 11.3 Å². The van der Waals surface area contributed by atoms with E-state index >= 15 is 0 Å². The fourth-order valence-corrected chi connectivity index (χ4v) is 3.81. The van der Waals surface area contributed by atoms with E-state index in [0.717, 1.165) is 23.0 Å². The highest BCUT2D eigenvalue weighted by Gasteiger charge is 2.21. The summed E-state index contributed by atoms with van der Waals surface area (Å²) in [6, 6.07) is 25.8. The number of para-hydroxylation sites is 2. The summed E-state index contributed by atoms with van der Waals surface area (Å²) in [4.78, 5) is 14.1. The highest BCUT2D eigenvalue weighted by molar-refractivity contribution is 8.14. The molecule has 0 aliphatic carbocycles. The Bertz CT molecular complexity index is 1050. The van der Waals surface area contributed by atoms with Gasteiger partial charge in [-0.05, 0) is 36.8 Å². The van der Waals surface area contributed by atoms with Gasteiger partial charge in [0.25, 0.3) is 0 Å². The molecule has 3 aromatic carbocycles. The number of nitrogens with one attached hydrogen (secondary N) is 2. The average molecular weight is 432 g/mol. The van der Waals surface area contributed by atoms with Gasteiger partial charge >= 0.3 is 0 Å². The maximum atomic E-state index is 12.5. The molecule has 0 saturated heterocycles. The second-order valence-electron chi connectivity index (χ2n) is 6.93. The molecular formula is C25H25N3O2S. The molecule has 1 amide bonds. The van der Waals surface area contributed by atoms with Crippen LogP contribution in [0.4, 0.5) is 5.69 Å². The first-order valence-electron chi connectivity index (χ1n) is 9.85. The summed E-state index contributed by atoms with van der Waals surface area (Å²) in [5, 5.41) is 22.0. The largest absolute Gasteiger partial charge is 0.507 e. The summed E-state index contributed by atoms with van der Waals surface area (Å²) in [6.07, 6.45) is 0. The highest BCUT2D eigenvalue weighted by atomic mass is 32.2. The van der Waals surface area contributed by atoms with Gasteiger partial charge in [0.15, 0.2) is 5.17 Å². The zero-order chi connectivity index (χ0) is 22.2. The van der Waals surface area contributed by atoms with Gasteiger partial charge in [-0.1, -0.05) is 79.0 Å². The van der Waals surface area contributed by atoms with Crippen LogP contribution in [0.5, 0.6) is 5.75 Å². The van der Waals surface area contributed by atoms with E-state index in [-0.39, 0.29) is 28.6 Å². The molecule has 3 aromatic rings. The summed E-state index contributed by atoms with van der Waals surface area (Å²) in [6.45, 7) is 6.04. The lowest BCUT2D eigenvalue weighted by atomic mass is 10.1. The maximum Gasteiger partial charge on any atom is 0.230 e. The number of amidine groups is 1. The number of phenolic OH excluding ortho intramolecular Hbond substituents is 1. The van der Waals surface area contributed by atoms with Crippen molar-refractivity contribution in [3.8, 4) is 5.75 Å². The SMILES string of the molecule is C=C(c1ccccc1O)N(C(=N)SCC(=O)NC(C)c1ccccc1)c1ccccc1. The van der Waals surface area contributed by atoms with Gasteiger partial charge in [0, 0.05) is 11.3 Å². The lowest BCUT2D eigenvalue weighted by molar-refractivity contribution is -0.119. The van der Waals surface area contributed by atoms with Crippen LogP contribution in [-0.2, 0) is 4.79 Å². The summed E-state index contributed by atoms with van der Waals surface area (Å²) < 4.78 is 0.